The molecule has 0 aromatic rings. The number of hydrogen-bond donors (Lipinski definition) is 1. The molecule has 1 saturated carbocycles. The van der Waals surface area contributed by atoms with E-state index in [0.717, 1.165) is 0 Å². The smallest absolute Gasteiger partial charge is 0.408 e. The van der Waals surface area contributed by atoms with E-state index in [0.29, 0.717) is 12.5 Å². The van der Waals surface area contributed by atoms with Crippen LogP contribution in [0.25, 0.3) is 0 Å². The van der Waals surface area contributed by atoms with Crippen molar-refractivity contribution in [2.45, 2.75) is 64.5 Å². The van der Waals surface area contributed by atoms with Crippen molar-refractivity contribution >= 4 is 6.09 Å². The van der Waals surface area contributed by atoms with Gasteiger partial charge in [0.1, 0.15) is 5.60 Å². The molecule has 0 aromatic carbocycles. The Morgan fingerprint density at radius 2 is 1.90 bits per heavy atom. The second-order valence-electron chi connectivity index (χ2n) is 6.74. The van der Waals surface area contributed by atoms with Crippen molar-refractivity contribution in [3.63, 3.8) is 0 Å². The molecular formula is C15H26N2O3. The van der Waals surface area contributed by atoms with Gasteiger partial charge in [-0.25, -0.2) is 4.79 Å². The van der Waals surface area contributed by atoms with Gasteiger partial charge in [-0.2, -0.15) is 5.26 Å². The Labute approximate surface area is 121 Å². The molecule has 0 spiro atoms. The number of alkyl carbamates (subject to hydrolysis) is 1. The van der Waals surface area contributed by atoms with Crippen LogP contribution in [0.15, 0.2) is 0 Å². The van der Waals surface area contributed by atoms with E-state index in [-0.39, 0.29) is 6.61 Å². The molecule has 1 unspecified atom stereocenters. The van der Waals surface area contributed by atoms with Crippen LogP contribution in [0.3, 0.4) is 0 Å². The molecule has 1 rings (SSSR count). The van der Waals surface area contributed by atoms with Gasteiger partial charge in [-0.3, -0.25) is 0 Å². The Balaban J connectivity index is 2.37. The van der Waals surface area contributed by atoms with Gasteiger partial charge < -0.3 is 14.8 Å². The minimum Gasteiger partial charge on any atom is -0.444 e. The number of rotatable bonds is 5. The summed E-state index contributed by atoms with van der Waals surface area (Å²) in [7, 11) is 0. The fourth-order valence-corrected chi connectivity index (χ4v) is 2.23. The third-order valence-electron chi connectivity index (χ3n) is 3.24. The highest BCUT2D eigenvalue weighted by Gasteiger charge is 2.29. The van der Waals surface area contributed by atoms with E-state index in [1.54, 1.807) is 27.7 Å². The van der Waals surface area contributed by atoms with Gasteiger partial charge in [0.25, 0.3) is 0 Å². The van der Waals surface area contributed by atoms with Crippen LogP contribution in [-0.2, 0) is 9.47 Å². The molecule has 0 radical (unpaired) electrons. The number of hydrogen-bond acceptors (Lipinski definition) is 4. The van der Waals surface area contributed by atoms with Crippen LogP contribution in [0.1, 0.15) is 53.4 Å². The van der Waals surface area contributed by atoms with Crippen LogP contribution in [0.2, 0.25) is 0 Å². The van der Waals surface area contributed by atoms with Crippen LogP contribution in [0.4, 0.5) is 4.79 Å². The Morgan fingerprint density at radius 1 is 1.30 bits per heavy atom. The summed E-state index contributed by atoms with van der Waals surface area (Å²) in [6.07, 6.45) is 4.33. The van der Waals surface area contributed by atoms with E-state index < -0.39 is 17.2 Å². The molecule has 0 bridgehead atoms. The molecule has 0 aromatic heterocycles. The zero-order valence-corrected chi connectivity index (χ0v) is 13.0. The molecule has 1 amide bonds. The van der Waals surface area contributed by atoms with Crippen molar-refractivity contribution in [1.82, 2.24) is 5.32 Å². The highest BCUT2D eigenvalue weighted by molar-refractivity contribution is 5.69. The molecule has 20 heavy (non-hydrogen) atoms. The number of amides is 1. The maximum Gasteiger partial charge on any atom is 0.408 e. The van der Waals surface area contributed by atoms with Gasteiger partial charge in [0.05, 0.1) is 12.7 Å². The number of nitrogens with one attached hydrogen (secondary N) is 1. The Morgan fingerprint density at radius 3 is 2.40 bits per heavy atom. The van der Waals surface area contributed by atoms with Crippen molar-refractivity contribution in [1.29, 1.82) is 5.26 Å². The largest absolute Gasteiger partial charge is 0.444 e. The lowest BCUT2D eigenvalue weighted by Crippen LogP contribution is -2.50. The molecule has 0 heterocycles. The van der Waals surface area contributed by atoms with Crippen molar-refractivity contribution in [3.05, 3.63) is 0 Å². The van der Waals surface area contributed by atoms with Gasteiger partial charge in [-0.1, -0.05) is 12.8 Å². The van der Waals surface area contributed by atoms with Crippen LogP contribution in [-0.4, -0.2) is 30.4 Å². The zero-order valence-electron chi connectivity index (χ0n) is 13.0. The van der Waals surface area contributed by atoms with Gasteiger partial charge in [-0.05, 0) is 46.5 Å². The van der Waals surface area contributed by atoms with E-state index in [4.69, 9.17) is 9.47 Å². The Hall–Kier alpha value is -1.28. The second kappa shape index (κ2) is 6.94. The predicted octanol–water partition coefficient (Wildman–Crippen LogP) is 3.00. The standard InChI is InChI=1S/C15H26N2O3/c1-14(2,3)20-13(18)17-15(4,10-16)11-19-9-12-7-5-6-8-12/h12H,5-9,11H2,1-4H3,(H,17,18). The first-order valence-corrected chi connectivity index (χ1v) is 7.24. The third-order valence-corrected chi connectivity index (χ3v) is 3.24. The van der Waals surface area contributed by atoms with Gasteiger partial charge in [0.15, 0.2) is 5.54 Å². The average Bonchev–Trinajstić information content (AvgIpc) is 2.79. The summed E-state index contributed by atoms with van der Waals surface area (Å²) in [6.45, 7) is 7.84. The SMILES string of the molecule is CC(C#N)(COCC1CCCC1)NC(=O)OC(C)(C)C. The fraction of sp³-hybridized carbons (Fsp3) is 0.867. The zero-order chi connectivity index (χ0) is 15.2. The summed E-state index contributed by atoms with van der Waals surface area (Å²) in [5.74, 6) is 0.597. The van der Waals surface area contributed by atoms with Crippen molar-refractivity contribution in [3.8, 4) is 6.07 Å². The van der Waals surface area contributed by atoms with Crippen molar-refractivity contribution < 1.29 is 14.3 Å². The molecule has 1 aliphatic rings. The van der Waals surface area contributed by atoms with E-state index in [1.165, 1.54) is 25.7 Å². The average molecular weight is 282 g/mol. The Kier molecular flexibility index (Phi) is 5.82. The summed E-state index contributed by atoms with van der Waals surface area (Å²) >= 11 is 0. The van der Waals surface area contributed by atoms with Crippen LogP contribution < -0.4 is 5.32 Å². The highest BCUT2D eigenvalue weighted by atomic mass is 16.6. The van der Waals surface area contributed by atoms with Crippen LogP contribution in [0.5, 0.6) is 0 Å². The van der Waals surface area contributed by atoms with Crippen LogP contribution >= 0.6 is 0 Å². The lowest BCUT2D eigenvalue weighted by atomic mass is 10.1. The molecule has 1 N–H and O–H groups in total. The van der Waals surface area contributed by atoms with Gasteiger partial charge in [0, 0.05) is 6.61 Å². The number of ether oxygens (including phenoxy) is 2. The van der Waals surface area contributed by atoms with E-state index in [9.17, 15) is 10.1 Å². The van der Waals surface area contributed by atoms with Crippen LogP contribution in [0, 0.1) is 17.2 Å². The lowest BCUT2D eigenvalue weighted by Gasteiger charge is -2.26. The lowest BCUT2D eigenvalue weighted by molar-refractivity contribution is 0.0351. The molecule has 1 aliphatic carbocycles. The number of carbonyl (C=O) groups excluding carboxylic acids is 1. The molecule has 114 valence electrons. The third kappa shape index (κ3) is 6.25. The minimum absolute atomic E-state index is 0.180. The molecule has 0 aliphatic heterocycles. The van der Waals surface area contributed by atoms with E-state index >= 15 is 0 Å². The summed E-state index contributed by atoms with van der Waals surface area (Å²) < 4.78 is 10.8. The maximum atomic E-state index is 11.7. The second-order valence-corrected chi connectivity index (χ2v) is 6.74. The van der Waals surface area contributed by atoms with Gasteiger partial charge in [0.2, 0.25) is 0 Å². The molecule has 0 saturated heterocycles. The first-order valence-electron chi connectivity index (χ1n) is 7.24. The first kappa shape index (κ1) is 16.8. The van der Waals surface area contributed by atoms with Crippen molar-refractivity contribution in [2.24, 2.45) is 5.92 Å². The molecule has 5 heteroatoms. The summed E-state index contributed by atoms with van der Waals surface area (Å²) in [5.41, 5.74) is -1.63. The monoisotopic (exact) mass is 282 g/mol. The number of nitrogens with zero attached hydrogens (tertiary/aromatic N) is 1. The fourth-order valence-electron chi connectivity index (χ4n) is 2.23. The number of nitriles is 1. The molecule has 1 atom stereocenters. The predicted molar refractivity (Wildman–Crippen MR) is 76.2 cm³/mol. The summed E-state index contributed by atoms with van der Waals surface area (Å²) in [5, 5.41) is 11.8. The first-order chi connectivity index (χ1) is 9.24. The number of carbonyl (C=O) groups is 1. The normalized spacial score (nSPS) is 19.1. The van der Waals surface area contributed by atoms with E-state index in [2.05, 4.69) is 11.4 Å². The molecule has 5 nitrogen and oxygen atoms in total. The van der Waals surface area contributed by atoms with E-state index in [1.807, 2.05) is 0 Å². The Bertz CT molecular complexity index is 364. The van der Waals surface area contributed by atoms with Crippen molar-refractivity contribution in [2.75, 3.05) is 13.2 Å². The maximum absolute atomic E-state index is 11.7. The topological polar surface area (TPSA) is 71.3 Å². The quantitative estimate of drug-likeness (QED) is 0.841. The minimum atomic E-state index is -1.05. The molecule has 1 fully saturated rings. The van der Waals surface area contributed by atoms with Gasteiger partial charge in [-0.15, -0.1) is 0 Å². The summed E-state index contributed by atoms with van der Waals surface area (Å²) in [6, 6.07) is 2.08. The van der Waals surface area contributed by atoms with Gasteiger partial charge >= 0.3 is 6.09 Å². The highest BCUT2D eigenvalue weighted by Crippen LogP contribution is 2.25. The summed E-state index contributed by atoms with van der Waals surface area (Å²) in [4.78, 5) is 11.7. The molecular weight excluding hydrogens is 256 g/mol.